The van der Waals surface area contributed by atoms with Crippen LogP contribution in [0.5, 0.6) is 0 Å². The van der Waals surface area contributed by atoms with Crippen molar-refractivity contribution in [2.45, 2.75) is 11.8 Å². The molecule has 0 saturated carbocycles. The van der Waals surface area contributed by atoms with Gasteiger partial charge in [0.1, 0.15) is 0 Å². The summed E-state index contributed by atoms with van der Waals surface area (Å²) in [6, 6.07) is 9.17. The van der Waals surface area contributed by atoms with E-state index in [-0.39, 0.29) is 24.1 Å². The number of thioether (sulfide) groups is 1. The smallest absolute Gasteiger partial charge is 0.308 e. The quantitative estimate of drug-likeness (QED) is 0.861. The van der Waals surface area contributed by atoms with Crippen LogP contribution in [-0.4, -0.2) is 40.7 Å². The van der Waals surface area contributed by atoms with E-state index in [1.807, 2.05) is 25.1 Å². The van der Waals surface area contributed by atoms with Gasteiger partial charge in [0.2, 0.25) is 0 Å². The monoisotopic (exact) mass is 304 g/mol. The van der Waals surface area contributed by atoms with Gasteiger partial charge in [0.05, 0.1) is 23.3 Å². The predicted molar refractivity (Wildman–Crippen MR) is 79.0 cm³/mol. The van der Waals surface area contributed by atoms with Crippen LogP contribution in [0.4, 0.5) is 0 Å². The first-order valence-electron chi connectivity index (χ1n) is 6.65. The zero-order valence-corrected chi connectivity index (χ0v) is 12.5. The fraction of sp³-hybridized carbons (Fsp3) is 0.400. The predicted octanol–water partition coefficient (Wildman–Crippen LogP) is 2.09. The molecule has 1 N–H and O–H groups in total. The molecular formula is C15H16N2O3S. The van der Waals surface area contributed by atoms with Crippen LogP contribution in [0.2, 0.25) is 0 Å². The lowest BCUT2D eigenvalue weighted by Gasteiger charge is -2.17. The third kappa shape index (κ3) is 3.37. The van der Waals surface area contributed by atoms with Gasteiger partial charge in [-0.05, 0) is 18.1 Å². The van der Waals surface area contributed by atoms with Gasteiger partial charge in [0.15, 0.2) is 0 Å². The second-order valence-corrected chi connectivity index (χ2v) is 6.09. The van der Waals surface area contributed by atoms with Crippen molar-refractivity contribution >= 4 is 23.6 Å². The van der Waals surface area contributed by atoms with E-state index in [2.05, 4.69) is 0 Å². The highest BCUT2D eigenvalue weighted by Gasteiger charge is 2.37. The number of likely N-dealkylation sites (tertiary alicyclic amines) is 1. The number of rotatable bonds is 4. The Morgan fingerprint density at radius 3 is 2.76 bits per heavy atom. The number of carbonyl (C=O) groups excluding carboxylic acids is 1. The van der Waals surface area contributed by atoms with Crippen LogP contribution in [-0.2, 0) is 4.79 Å². The maximum Gasteiger partial charge on any atom is 0.308 e. The first kappa shape index (κ1) is 15.4. The summed E-state index contributed by atoms with van der Waals surface area (Å²) in [5, 5.41) is 17.8. The van der Waals surface area contributed by atoms with Crippen LogP contribution in [0, 0.1) is 23.2 Å². The molecule has 2 rings (SSSR count). The molecule has 110 valence electrons. The molecular weight excluding hydrogens is 288 g/mol. The van der Waals surface area contributed by atoms with Crippen molar-refractivity contribution in [3.05, 3.63) is 29.8 Å². The summed E-state index contributed by atoms with van der Waals surface area (Å²) in [6.45, 7) is 2.54. The normalized spacial score (nSPS) is 21.0. The van der Waals surface area contributed by atoms with E-state index < -0.39 is 11.9 Å². The Bertz CT molecular complexity index is 597. The van der Waals surface area contributed by atoms with Crippen molar-refractivity contribution in [3.63, 3.8) is 0 Å². The molecule has 1 aliphatic rings. The largest absolute Gasteiger partial charge is 0.481 e. The lowest BCUT2D eigenvalue weighted by Crippen LogP contribution is -2.30. The topological polar surface area (TPSA) is 81.4 Å². The minimum Gasteiger partial charge on any atom is -0.481 e. The minimum absolute atomic E-state index is 0.0506. The fourth-order valence-electron chi connectivity index (χ4n) is 2.50. The second-order valence-electron chi connectivity index (χ2n) is 5.08. The Morgan fingerprint density at radius 1 is 1.43 bits per heavy atom. The average molecular weight is 304 g/mol. The lowest BCUT2D eigenvalue weighted by molar-refractivity contribution is -0.142. The standard InChI is InChI=1S/C15H16N2O3S/c1-10-8-17(9-12(10)15(19)20)14(18)11-4-2-3-5-13(11)21-7-6-16/h2-5,10,12H,7-9H2,1H3,(H,19,20)/t10-,12-/m1/s1. The minimum atomic E-state index is -0.857. The van der Waals surface area contributed by atoms with Crippen LogP contribution in [0.15, 0.2) is 29.2 Å². The molecule has 1 saturated heterocycles. The molecule has 1 aliphatic heterocycles. The van der Waals surface area contributed by atoms with E-state index >= 15 is 0 Å². The Labute approximate surface area is 127 Å². The first-order valence-corrected chi connectivity index (χ1v) is 7.64. The van der Waals surface area contributed by atoms with Gasteiger partial charge >= 0.3 is 5.97 Å². The molecule has 0 spiro atoms. The van der Waals surface area contributed by atoms with E-state index in [0.717, 1.165) is 4.90 Å². The Balaban J connectivity index is 2.18. The fourth-order valence-corrected chi connectivity index (χ4v) is 3.21. The number of nitriles is 1. The maximum absolute atomic E-state index is 12.6. The number of hydrogen-bond donors (Lipinski definition) is 1. The van der Waals surface area contributed by atoms with Gasteiger partial charge < -0.3 is 10.0 Å². The molecule has 21 heavy (non-hydrogen) atoms. The zero-order chi connectivity index (χ0) is 15.4. The van der Waals surface area contributed by atoms with Crippen molar-refractivity contribution < 1.29 is 14.7 Å². The van der Waals surface area contributed by atoms with Gasteiger partial charge in [-0.15, -0.1) is 11.8 Å². The summed E-state index contributed by atoms with van der Waals surface area (Å²) in [4.78, 5) is 26.1. The number of aliphatic carboxylic acids is 1. The number of nitrogens with zero attached hydrogens (tertiary/aromatic N) is 2. The van der Waals surface area contributed by atoms with Crippen LogP contribution in [0.25, 0.3) is 0 Å². The highest BCUT2D eigenvalue weighted by Crippen LogP contribution is 2.28. The van der Waals surface area contributed by atoms with Crippen LogP contribution in [0.3, 0.4) is 0 Å². The number of carboxylic acids is 1. The third-order valence-corrected chi connectivity index (χ3v) is 4.57. The zero-order valence-electron chi connectivity index (χ0n) is 11.7. The third-order valence-electron chi connectivity index (χ3n) is 3.63. The molecule has 0 bridgehead atoms. The summed E-state index contributed by atoms with van der Waals surface area (Å²) in [7, 11) is 0. The summed E-state index contributed by atoms with van der Waals surface area (Å²) >= 11 is 1.32. The van der Waals surface area contributed by atoms with Gasteiger partial charge in [-0.2, -0.15) is 5.26 Å². The van der Waals surface area contributed by atoms with Crippen molar-refractivity contribution in [1.29, 1.82) is 5.26 Å². The molecule has 5 nitrogen and oxygen atoms in total. The Kier molecular flexibility index (Phi) is 4.86. The summed E-state index contributed by atoms with van der Waals surface area (Å²) in [6.07, 6.45) is 0. The Morgan fingerprint density at radius 2 is 2.14 bits per heavy atom. The van der Waals surface area contributed by atoms with E-state index in [4.69, 9.17) is 10.4 Å². The van der Waals surface area contributed by atoms with E-state index in [1.165, 1.54) is 11.8 Å². The van der Waals surface area contributed by atoms with Crippen molar-refractivity contribution in [2.24, 2.45) is 11.8 Å². The summed E-state index contributed by atoms with van der Waals surface area (Å²) < 4.78 is 0. The highest BCUT2D eigenvalue weighted by atomic mass is 32.2. The number of benzene rings is 1. The molecule has 1 fully saturated rings. The molecule has 2 atom stereocenters. The van der Waals surface area contributed by atoms with E-state index in [9.17, 15) is 9.59 Å². The van der Waals surface area contributed by atoms with Gasteiger partial charge in [0.25, 0.3) is 5.91 Å². The highest BCUT2D eigenvalue weighted by molar-refractivity contribution is 7.99. The molecule has 1 aromatic rings. The van der Waals surface area contributed by atoms with E-state index in [0.29, 0.717) is 12.1 Å². The first-order chi connectivity index (χ1) is 10.0. The van der Waals surface area contributed by atoms with Gasteiger partial charge in [0, 0.05) is 18.0 Å². The molecule has 0 radical (unpaired) electrons. The summed E-state index contributed by atoms with van der Waals surface area (Å²) in [5.41, 5.74) is 0.538. The maximum atomic E-state index is 12.6. The number of hydrogen-bond acceptors (Lipinski definition) is 4. The molecule has 0 unspecified atom stereocenters. The SMILES string of the molecule is C[C@@H]1CN(C(=O)c2ccccc2SCC#N)C[C@H]1C(=O)O. The molecule has 1 heterocycles. The Hall–Kier alpha value is -2.00. The van der Waals surface area contributed by atoms with Crippen molar-refractivity contribution in [1.82, 2.24) is 4.90 Å². The molecule has 1 aromatic carbocycles. The molecule has 6 heteroatoms. The molecule has 0 aliphatic carbocycles. The van der Waals surface area contributed by atoms with Crippen LogP contribution in [0.1, 0.15) is 17.3 Å². The van der Waals surface area contributed by atoms with E-state index in [1.54, 1.807) is 17.0 Å². The van der Waals surface area contributed by atoms with Gasteiger partial charge in [-0.1, -0.05) is 19.1 Å². The number of carbonyl (C=O) groups is 2. The average Bonchev–Trinajstić information content (AvgIpc) is 2.87. The molecule has 0 aromatic heterocycles. The number of carboxylic acid groups (broad SMARTS) is 1. The lowest BCUT2D eigenvalue weighted by atomic mass is 9.99. The van der Waals surface area contributed by atoms with Crippen LogP contribution < -0.4 is 0 Å². The summed E-state index contributed by atoms with van der Waals surface area (Å²) in [5.74, 6) is -1.30. The van der Waals surface area contributed by atoms with Gasteiger partial charge in [-0.25, -0.2) is 0 Å². The van der Waals surface area contributed by atoms with Crippen molar-refractivity contribution in [2.75, 3.05) is 18.8 Å². The molecule has 1 amide bonds. The second kappa shape index (κ2) is 6.64. The van der Waals surface area contributed by atoms with Gasteiger partial charge in [-0.3, -0.25) is 9.59 Å². The van der Waals surface area contributed by atoms with Crippen molar-refractivity contribution in [3.8, 4) is 6.07 Å². The number of amides is 1. The van der Waals surface area contributed by atoms with Crippen LogP contribution >= 0.6 is 11.8 Å².